The van der Waals surface area contributed by atoms with Crippen LogP contribution in [-0.4, -0.2) is 29.1 Å². The monoisotopic (exact) mass is 228 g/mol. The summed E-state index contributed by atoms with van der Waals surface area (Å²) in [7, 11) is 0. The molecule has 5 heteroatoms. The maximum Gasteiger partial charge on any atom is 0.226 e. The van der Waals surface area contributed by atoms with Crippen molar-refractivity contribution in [2.45, 2.75) is 20.3 Å². The fraction of sp³-hybridized carbons (Fsp3) is 0.600. The minimum atomic E-state index is -0.266. The van der Waals surface area contributed by atoms with E-state index in [1.54, 1.807) is 5.51 Å². The molecule has 1 amide bonds. The zero-order valence-corrected chi connectivity index (χ0v) is 9.80. The van der Waals surface area contributed by atoms with Crippen LogP contribution in [0.2, 0.25) is 0 Å². The van der Waals surface area contributed by atoms with Gasteiger partial charge in [-0.15, -0.1) is 11.3 Å². The Balaban J connectivity index is 2.31. The van der Waals surface area contributed by atoms with Gasteiger partial charge in [-0.1, -0.05) is 13.8 Å². The third-order valence-electron chi connectivity index (χ3n) is 2.02. The molecule has 0 aliphatic heterocycles. The molecule has 84 valence electrons. The van der Waals surface area contributed by atoms with Crippen LogP contribution in [-0.2, 0) is 11.2 Å². The zero-order valence-electron chi connectivity index (χ0n) is 8.99. The maximum atomic E-state index is 11.4. The Labute approximate surface area is 93.4 Å². The number of amides is 1. The third-order valence-corrected chi connectivity index (χ3v) is 2.65. The number of aliphatic hydroxyl groups excluding tert-OH is 1. The van der Waals surface area contributed by atoms with Gasteiger partial charge in [0.2, 0.25) is 5.91 Å². The highest BCUT2D eigenvalue weighted by atomic mass is 32.1. The lowest BCUT2D eigenvalue weighted by Crippen LogP contribution is -2.36. The minimum absolute atomic E-state index is 0.0533. The fourth-order valence-electron chi connectivity index (χ4n) is 0.946. The highest BCUT2D eigenvalue weighted by molar-refractivity contribution is 7.07. The quantitative estimate of drug-likeness (QED) is 0.784. The van der Waals surface area contributed by atoms with Gasteiger partial charge in [-0.05, 0) is 0 Å². The summed E-state index contributed by atoms with van der Waals surface area (Å²) in [5.41, 5.74) is 2.23. The van der Waals surface area contributed by atoms with Crippen LogP contribution in [0.15, 0.2) is 10.9 Å². The summed E-state index contributed by atoms with van der Waals surface area (Å²) >= 11 is 1.48. The molecule has 0 aromatic carbocycles. The maximum absolute atomic E-state index is 11.4. The topological polar surface area (TPSA) is 62.2 Å². The van der Waals surface area contributed by atoms with E-state index in [4.69, 9.17) is 5.11 Å². The van der Waals surface area contributed by atoms with Crippen molar-refractivity contribution in [3.05, 3.63) is 16.6 Å². The fourth-order valence-corrected chi connectivity index (χ4v) is 1.50. The highest BCUT2D eigenvalue weighted by Gasteiger charge is 2.17. The number of thiazole rings is 1. The first-order valence-electron chi connectivity index (χ1n) is 4.78. The first-order chi connectivity index (χ1) is 7.03. The molecule has 0 saturated heterocycles. The molecule has 0 bridgehead atoms. The van der Waals surface area contributed by atoms with E-state index in [1.165, 1.54) is 11.3 Å². The summed E-state index contributed by atoms with van der Waals surface area (Å²) in [6.07, 6.45) is 0.311. The molecule has 0 radical (unpaired) electrons. The second-order valence-electron chi connectivity index (χ2n) is 4.26. The highest BCUT2D eigenvalue weighted by Crippen LogP contribution is 2.11. The molecule has 1 heterocycles. The first-order valence-corrected chi connectivity index (χ1v) is 5.72. The molecule has 0 aliphatic rings. The molecule has 1 aromatic heterocycles. The average molecular weight is 228 g/mol. The van der Waals surface area contributed by atoms with Gasteiger partial charge in [0.05, 0.1) is 17.6 Å². The minimum Gasteiger partial charge on any atom is -0.396 e. The van der Waals surface area contributed by atoms with Gasteiger partial charge in [0.15, 0.2) is 0 Å². The van der Waals surface area contributed by atoms with Gasteiger partial charge in [-0.25, -0.2) is 4.98 Å². The van der Waals surface area contributed by atoms with Crippen LogP contribution < -0.4 is 5.32 Å². The Morgan fingerprint density at radius 1 is 1.67 bits per heavy atom. The van der Waals surface area contributed by atoms with E-state index in [-0.39, 0.29) is 17.9 Å². The van der Waals surface area contributed by atoms with Crippen LogP contribution >= 0.6 is 11.3 Å². The predicted molar refractivity (Wildman–Crippen MR) is 59.7 cm³/mol. The number of carbonyl (C=O) groups excluding carboxylic acids is 1. The van der Waals surface area contributed by atoms with Crippen LogP contribution in [0.25, 0.3) is 0 Å². The van der Waals surface area contributed by atoms with Gasteiger partial charge in [0, 0.05) is 23.9 Å². The number of aromatic nitrogens is 1. The van der Waals surface area contributed by atoms with Crippen molar-refractivity contribution in [1.82, 2.24) is 10.3 Å². The van der Waals surface area contributed by atoms with Crippen molar-refractivity contribution in [3.8, 4) is 0 Å². The lowest BCUT2D eigenvalue weighted by molar-refractivity contribution is -0.121. The molecule has 1 rings (SSSR count). The predicted octanol–water partition coefficient (Wildman–Crippen LogP) is 0.820. The van der Waals surface area contributed by atoms with Gasteiger partial charge in [0.1, 0.15) is 0 Å². The summed E-state index contributed by atoms with van der Waals surface area (Å²) < 4.78 is 0. The van der Waals surface area contributed by atoms with Crippen LogP contribution in [0.3, 0.4) is 0 Å². The molecule has 0 fully saturated rings. The Bertz CT molecular complexity index is 309. The molecule has 0 spiro atoms. The van der Waals surface area contributed by atoms with Crippen LogP contribution in [0.1, 0.15) is 19.5 Å². The van der Waals surface area contributed by atoms with E-state index >= 15 is 0 Å². The number of hydrogen-bond acceptors (Lipinski definition) is 4. The summed E-state index contributed by atoms with van der Waals surface area (Å²) in [4.78, 5) is 15.5. The SMILES string of the molecule is CC(C)(CO)CNC(=O)Cc1cscn1. The molecule has 0 atom stereocenters. The standard InChI is InChI=1S/C10H16N2O2S/c1-10(2,6-13)5-11-9(14)3-8-4-15-7-12-8/h4,7,13H,3,5-6H2,1-2H3,(H,11,14). The van der Waals surface area contributed by atoms with Crippen LogP contribution in [0, 0.1) is 5.41 Å². The van der Waals surface area contributed by atoms with Crippen LogP contribution in [0.4, 0.5) is 0 Å². The number of nitrogens with zero attached hydrogens (tertiary/aromatic N) is 1. The summed E-state index contributed by atoms with van der Waals surface area (Å²) in [5, 5.41) is 13.6. The lowest BCUT2D eigenvalue weighted by atomic mass is 9.95. The van der Waals surface area contributed by atoms with Gasteiger partial charge in [-0.3, -0.25) is 4.79 Å². The van der Waals surface area contributed by atoms with E-state index in [1.807, 2.05) is 19.2 Å². The molecule has 1 aromatic rings. The third kappa shape index (κ3) is 4.40. The van der Waals surface area contributed by atoms with Crippen molar-refractivity contribution >= 4 is 17.2 Å². The molecule has 4 nitrogen and oxygen atoms in total. The second kappa shape index (κ2) is 5.23. The van der Waals surface area contributed by atoms with Crippen LogP contribution in [0.5, 0.6) is 0 Å². The summed E-state index contributed by atoms with van der Waals surface area (Å²) in [5.74, 6) is -0.0533. The molecule has 2 N–H and O–H groups in total. The molecular weight excluding hydrogens is 212 g/mol. The van der Waals surface area contributed by atoms with E-state index in [9.17, 15) is 4.79 Å². The Kier molecular flexibility index (Phi) is 4.23. The number of nitrogens with one attached hydrogen (secondary N) is 1. The molecule has 15 heavy (non-hydrogen) atoms. The van der Waals surface area contributed by atoms with Gasteiger partial charge < -0.3 is 10.4 Å². The van der Waals surface area contributed by atoms with Crippen molar-refractivity contribution in [2.75, 3.05) is 13.2 Å². The summed E-state index contributed by atoms with van der Waals surface area (Å²) in [6, 6.07) is 0. The molecule has 0 aliphatic carbocycles. The number of hydrogen-bond donors (Lipinski definition) is 2. The van der Waals surface area contributed by atoms with E-state index in [2.05, 4.69) is 10.3 Å². The Hall–Kier alpha value is -0.940. The number of aliphatic hydroxyl groups is 1. The first kappa shape index (κ1) is 12.1. The number of carbonyl (C=O) groups is 1. The zero-order chi connectivity index (χ0) is 11.3. The van der Waals surface area contributed by atoms with Crippen molar-refractivity contribution in [3.63, 3.8) is 0 Å². The van der Waals surface area contributed by atoms with Crippen molar-refractivity contribution in [2.24, 2.45) is 5.41 Å². The molecular formula is C10H16N2O2S. The van der Waals surface area contributed by atoms with Crippen molar-refractivity contribution < 1.29 is 9.90 Å². The van der Waals surface area contributed by atoms with Gasteiger partial charge >= 0.3 is 0 Å². The summed E-state index contributed by atoms with van der Waals surface area (Å²) in [6.45, 7) is 4.34. The van der Waals surface area contributed by atoms with Gasteiger partial charge in [0.25, 0.3) is 0 Å². The molecule has 0 unspecified atom stereocenters. The second-order valence-corrected chi connectivity index (χ2v) is 4.97. The van der Waals surface area contributed by atoms with Gasteiger partial charge in [-0.2, -0.15) is 0 Å². The smallest absolute Gasteiger partial charge is 0.226 e. The largest absolute Gasteiger partial charge is 0.396 e. The lowest BCUT2D eigenvalue weighted by Gasteiger charge is -2.21. The molecule has 0 saturated carbocycles. The van der Waals surface area contributed by atoms with E-state index < -0.39 is 0 Å². The average Bonchev–Trinajstić information content (AvgIpc) is 2.68. The number of rotatable bonds is 5. The van der Waals surface area contributed by atoms with E-state index in [0.29, 0.717) is 13.0 Å². The Morgan fingerprint density at radius 2 is 2.40 bits per heavy atom. The van der Waals surface area contributed by atoms with Crippen molar-refractivity contribution in [1.29, 1.82) is 0 Å². The Morgan fingerprint density at radius 3 is 2.93 bits per heavy atom. The van der Waals surface area contributed by atoms with E-state index in [0.717, 1.165) is 5.69 Å². The normalized spacial score (nSPS) is 11.4.